The molecule has 4 N–H and O–H groups in total. The van der Waals surface area contributed by atoms with E-state index in [1.54, 1.807) is 48.2 Å². The van der Waals surface area contributed by atoms with E-state index in [1.807, 2.05) is 32.3 Å². The maximum Gasteiger partial charge on any atom is 0.261 e. The van der Waals surface area contributed by atoms with Gasteiger partial charge in [0.15, 0.2) is 0 Å². The zero-order valence-electron chi connectivity index (χ0n) is 19.4. The number of sulfonamides is 1. The van der Waals surface area contributed by atoms with Crippen LogP contribution in [0.4, 0.5) is 17.1 Å². The van der Waals surface area contributed by atoms with E-state index in [0.717, 1.165) is 24.4 Å². The molecule has 3 aromatic rings. The van der Waals surface area contributed by atoms with E-state index in [1.165, 1.54) is 11.0 Å². The third kappa shape index (κ3) is 7.45. The van der Waals surface area contributed by atoms with Gasteiger partial charge in [-0.05, 0) is 81.7 Å². The number of nitrogen functional groups attached to an aromatic ring is 1. The number of hydrogen-bond donors (Lipinski definition) is 3. The average molecular weight is 495 g/mol. The number of hydrogen-bond acceptors (Lipinski definition) is 6. The molecule has 0 saturated heterocycles. The summed E-state index contributed by atoms with van der Waals surface area (Å²) < 4.78 is 28.2. The summed E-state index contributed by atoms with van der Waals surface area (Å²) in [5.41, 5.74) is 8.47. The van der Waals surface area contributed by atoms with E-state index in [2.05, 4.69) is 33.0 Å². The summed E-state index contributed by atoms with van der Waals surface area (Å²) in [6.45, 7) is 0.918. The van der Waals surface area contributed by atoms with Crippen LogP contribution in [0.25, 0.3) is 0 Å². The van der Waals surface area contributed by atoms with Crippen LogP contribution in [0.1, 0.15) is 12.0 Å². The Kier molecular flexibility index (Phi) is 8.88. The van der Waals surface area contributed by atoms with Crippen LogP contribution in [0, 0.1) is 12.3 Å². The topological polar surface area (TPSA) is 87.5 Å². The van der Waals surface area contributed by atoms with E-state index in [4.69, 9.17) is 12.2 Å². The molecule has 0 bridgehead atoms. The number of nitrogens with one attached hydrogen (secondary N) is 2. The van der Waals surface area contributed by atoms with Gasteiger partial charge in [0, 0.05) is 27.9 Å². The lowest BCUT2D eigenvalue weighted by molar-refractivity contribution is 0.391. The van der Waals surface area contributed by atoms with Gasteiger partial charge < -0.3 is 16.0 Å². The first-order valence-corrected chi connectivity index (χ1v) is 13.3. The molecule has 0 heterocycles. The molecule has 0 aliphatic carbocycles. The number of rotatable bonds is 11. The third-order valence-electron chi connectivity index (χ3n) is 5.12. The van der Waals surface area contributed by atoms with Crippen molar-refractivity contribution in [2.75, 3.05) is 42.2 Å². The molecule has 3 rings (SSSR count). The highest BCUT2D eigenvalue weighted by molar-refractivity contribution is 7.99. The van der Waals surface area contributed by atoms with Crippen LogP contribution < -0.4 is 15.8 Å². The second-order valence-corrected chi connectivity index (χ2v) is 10.9. The Morgan fingerprint density at radius 2 is 1.76 bits per heavy atom. The number of nitrogens with two attached hydrogens (primary N) is 1. The van der Waals surface area contributed by atoms with E-state index in [0.29, 0.717) is 16.9 Å². The molecule has 1 atom stereocenters. The fourth-order valence-electron chi connectivity index (χ4n) is 3.23. The molecule has 34 heavy (non-hydrogen) atoms. The number of thioether (sulfide) groups is 1. The smallest absolute Gasteiger partial charge is 0.261 e. The van der Waals surface area contributed by atoms with Gasteiger partial charge in [-0.15, -0.1) is 18.2 Å². The first kappa shape index (κ1) is 25.5. The van der Waals surface area contributed by atoms with Gasteiger partial charge in [-0.25, -0.2) is 8.42 Å². The molecule has 0 fully saturated rings. The predicted molar refractivity (Wildman–Crippen MR) is 144 cm³/mol. The zero-order chi connectivity index (χ0) is 24.6. The Balaban J connectivity index is 1.72. The minimum atomic E-state index is -3.79. The third-order valence-corrected chi connectivity index (χ3v) is 7.67. The van der Waals surface area contributed by atoms with Crippen LogP contribution in [-0.2, 0) is 10.0 Å². The van der Waals surface area contributed by atoms with Crippen molar-refractivity contribution in [2.24, 2.45) is 0 Å². The van der Waals surface area contributed by atoms with Crippen LogP contribution >= 0.6 is 11.8 Å². The summed E-state index contributed by atoms with van der Waals surface area (Å²) in [6.07, 6.45) is 6.27. The molecule has 3 aromatic carbocycles. The number of terminal acetylenes is 1. The second kappa shape index (κ2) is 11.8. The monoisotopic (exact) mass is 494 g/mol. The average Bonchev–Trinajstić information content (AvgIpc) is 2.82. The molecule has 0 amide bonds. The van der Waals surface area contributed by atoms with Crippen LogP contribution in [0.15, 0.2) is 82.6 Å². The number of benzene rings is 3. The second-order valence-electron chi connectivity index (χ2n) is 8.13. The molecular formula is C26H30N4O2S2. The largest absolute Gasteiger partial charge is 0.397 e. The van der Waals surface area contributed by atoms with Crippen molar-refractivity contribution in [2.45, 2.75) is 22.3 Å². The Morgan fingerprint density at radius 1 is 1.06 bits per heavy atom. The summed E-state index contributed by atoms with van der Waals surface area (Å²) in [5, 5.41) is 3.51. The van der Waals surface area contributed by atoms with Gasteiger partial charge in [0.25, 0.3) is 10.0 Å². The van der Waals surface area contributed by atoms with Crippen LogP contribution in [-0.4, -0.2) is 45.8 Å². The molecule has 0 aromatic heterocycles. The van der Waals surface area contributed by atoms with E-state index >= 15 is 0 Å². The highest BCUT2D eigenvalue weighted by Gasteiger charge is 2.17. The molecule has 0 unspecified atom stereocenters. The standard InChI is InChI=1S/C26H30N4O2S2/c1-4-20-10-12-21(13-11-20)29-34(31,32)24-14-15-26(25(27)18-24)28-22(16-17-30(2)3)19-33-23-8-6-5-7-9-23/h1,5-15,18,22,28-29H,16-17,19,27H2,2-3H3/t22-/m1/s1. The van der Waals surface area contributed by atoms with Crippen molar-refractivity contribution in [3.63, 3.8) is 0 Å². The minimum Gasteiger partial charge on any atom is -0.397 e. The van der Waals surface area contributed by atoms with Crippen LogP contribution in [0.3, 0.4) is 0 Å². The first-order valence-electron chi connectivity index (χ1n) is 10.8. The van der Waals surface area contributed by atoms with Crippen molar-refractivity contribution in [1.29, 1.82) is 0 Å². The fourth-order valence-corrected chi connectivity index (χ4v) is 5.32. The summed E-state index contributed by atoms with van der Waals surface area (Å²) in [5.74, 6) is 3.36. The summed E-state index contributed by atoms with van der Waals surface area (Å²) >= 11 is 1.78. The maximum absolute atomic E-state index is 12.8. The molecule has 0 spiro atoms. The molecule has 6 nitrogen and oxygen atoms in total. The molecule has 0 aliphatic heterocycles. The zero-order valence-corrected chi connectivity index (χ0v) is 21.0. The quantitative estimate of drug-likeness (QED) is 0.206. The molecule has 178 valence electrons. The highest BCUT2D eigenvalue weighted by atomic mass is 32.2. The summed E-state index contributed by atoms with van der Waals surface area (Å²) in [4.78, 5) is 3.44. The molecule has 0 aliphatic rings. The van der Waals surface area contributed by atoms with Crippen molar-refractivity contribution in [3.05, 3.63) is 78.4 Å². The van der Waals surface area contributed by atoms with Gasteiger partial charge in [0.05, 0.1) is 16.3 Å². The van der Waals surface area contributed by atoms with Crippen molar-refractivity contribution in [1.82, 2.24) is 4.90 Å². The summed E-state index contributed by atoms with van der Waals surface area (Å²) in [6, 6.07) is 21.8. The first-order chi connectivity index (χ1) is 16.3. The predicted octanol–water partition coefficient (Wildman–Crippen LogP) is 4.58. The lowest BCUT2D eigenvalue weighted by Gasteiger charge is -2.23. The van der Waals surface area contributed by atoms with E-state index in [-0.39, 0.29) is 10.9 Å². The minimum absolute atomic E-state index is 0.0973. The normalized spacial score (nSPS) is 12.2. The lowest BCUT2D eigenvalue weighted by Crippen LogP contribution is -2.28. The number of anilines is 3. The van der Waals surface area contributed by atoms with Crippen LogP contribution in [0.5, 0.6) is 0 Å². The lowest BCUT2D eigenvalue weighted by atomic mass is 10.2. The van der Waals surface area contributed by atoms with Crippen molar-refractivity contribution in [3.8, 4) is 12.3 Å². The Labute approximate surface area is 207 Å². The Bertz CT molecular complexity index is 1220. The van der Waals surface area contributed by atoms with Gasteiger partial charge in [0.2, 0.25) is 0 Å². The fraction of sp³-hybridized carbons (Fsp3) is 0.231. The number of nitrogens with zero attached hydrogens (tertiary/aromatic N) is 1. The van der Waals surface area contributed by atoms with E-state index in [9.17, 15) is 8.42 Å². The van der Waals surface area contributed by atoms with Crippen molar-refractivity contribution < 1.29 is 8.42 Å². The molecular weight excluding hydrogens is 464 g/mol. The van der Waals surface area contributed by atoms with Crippen molar-refractivity contribution >= 4 is 38.8 Å². The molecule has 0 radical (unpaired) electrons. The maximum atomic E-state index is 12.8. The van der Waals surface area contributed by atoms with Gasteiger partial charge in [-0.3, -0.25) is 4.72 Å². The van der Waals surface area contributed by atoms with Crippen LogP contribution in [0.2, 0.25) is 0 Å². The van der Waals surface area contributed by atoms with Gasteiger partial charge in [0.1, 0.15) is 0 Å². The van der Waals surface area contributed by atoms with E-state index < -0.39 is 10.0 Å². The Morgan fingerprint density at radius 3 is 2.38 bits per heavy atom. The molecule has 0 saturated carbocycles. The summed E-state index contributed by atoms with van der Waals surface area (Å²) in [7, 11) is 0.300. The van der Waals surface area contributed by atoms with Gasteiger partial charge in [-0.2, -0.15) is 0 Å². The van der Waals surface area contributed by atoms with Gasteiger partial charge in [-0.1, -0.05) is 24.1 Å². The SMILES string of the molecule is C#Cc1ccc(NS(=O)(=O)c2ccc(N[C@H](CCN(C)C)CSc3ccccc3)c(N)c2)cc1. The highest BCUT2D eigenvalue weighted by Crippen LogP contribution is 2.27. The Hall–Kier alpha value is -3.12. The van der Waals surface area contributed by atoms with Gasteiger partial charge >= 0.3 is 0 Å². The molecule has 8 heteroatoms.